The number of nitrogens with one attached hydrogen (secondary N) is 1. The summed E-state index contributed by atoms with van der Waals surface area (Å²) in [5.41, 5.74) is 1.82. The van der Waals surface area contributed by atoms with Crippen molar-refractivity contribution in [2.75, 3.05) is 18.0 Å². The number of benzene rings is 1. The summed E-state index contributed by atoms with van der Waals surface area (Å²) in [6.07, 6.45) is 4.71. The number of hydrogen-bond donors (Lipinski definition) is 1. The number of aromatic nitrogens is 2. The maximum absolute atomic E-state index is 12.7. The first-order chi connectivity index (χ1) is 12.6. The molecule has 1 aliphatic heterocycles. The van der Waals surface area contributed by atoms with Gasteiger partial charge in [0, 0.05) is 43.6 Å². The van der Waals surface area contributed by atoms with Gasteiger partial charge < -0.3 is 15.1 Å². The quantitative estimate of drug-likeness (QED) is 0.894. The molecular formula is C19H25N5O2. The second kappa shape index (κ2) is 8.03. The van der Waals surface area contributed by atoms with Crippen LogP contribution >= 0.6 is 0 Å². The zero-order valence-corrected chi connectivity index (χ0v) is 15.3. The van der Waals surface area contributed by atoms with Crippen LogP contribution in [-0.4, -0.2) is 45.8 Å². The number of carbonyl (C=O) groups is 2. The lowest BCUT2D eigenvalue weighted by atomic mass is 10.1. The van der Waals surface area contributed by atoms with E-state index in [0.29, 0.717) is 19.6 Å². The van der Waals surface area contributed by atoms with Crippen LogP contribution in [0.3, 0.4) is 0 Å². The number of nitrogens with zero attached hydrogens (tertiary/aromatic N) is 4. The number of piperazine rings is 1. The largest absolute Gasteiger partial charge is 0.334 e. The molecule has 0 aliphatic carbocycles. The number of carbonyl (C=O) groups excluding carboxylic acids is 2. The molecule has 2 aromatic rings. The van der Waals surface area contributed by atoms with Gasteiger partial charge >= 0.3 is 6.03 Å². The Balaban J connectivity index is 1.57. The number of rotatable bonds is 5. The third-order valence-electron chi connectivity index (χ3n) is 4.57. The third kappa shape index (κ3) is 3.87. The molecule has 1 N–H and O–H groups in total. The summed E-state index contributed by atoms with van der Waals surface area (Å²) in [7, 11) is 0. The zero-order valence-electron chi connectivity index (χ0n) is 15.3. The number of urea groups is 1. The molecular weight excluding hydrogens is 330 g/mol. The fourth-order valence-electron chi connectivity index (χ4n) is 3.14. The normalized spacial score (nSPS) is 17.5. The van der Waals surface area contributed by atoms with Gasteiger partial charge in [0.05, 0.1) is 6.20 Å². The summed E-state index contributed by atoms with van der Waals surface area (Å²) in [6.45, 7) is 6.13. The van der Waals surface area contributed by atoms with Crippen molar-refractivity contribution in [3.63, 3.8) is 0 Å². The van der Waals surface area contributed by atoms with Gasteiger partial charge in [-0.15, -0.1) is 0 Å². The highest BCUT2D eigenvalue weighted by Gasteiger charge is 2.34. The zero-order chi connectivity index (χ0) is 18.5. The van der Waals surface area contributed by atoms with Crippen molar-refractivity contribution in [3.8, 4) is 0 Å². The van der Waals surface area contributed by atoms with Crippen LogP contribution in [-0.2, 0) is 17.9 Å². The van der Waals surface area contributed by atoms with Crippen molar-refractivity contribution >= 4 is 17.6 Å². The van der Waals surface area contributed by atoms with E-state index < -0.39 is 6.04 Å². The minimum atomic E-state index is -0.494. The van der Waals surface area contributed by atoms with Crippen LogP contribution in [0.1, 0.15) is 25.8 Å². The van der Waals surface area contributed by atoms with E-state index in [1.165, 1.54) is 0 Å². The average Bonchev–Trinajstić information content (AvgIpc) is 3.10. The van der Waals surface area contributed by atoms with Crippen molar-refractivity contribution in [1.82, 2.24) is 20.0 Å². The Morgan fingerprint density at radius 1 is 1.27 bits per heavy atom. The van der Waals surface area contributed by atoms with Gasteiger partial charge in [-0.2, -0.15) is 5.10 Å². The first-order valence-electron chi connectivity index (χ1n) is 9.02. The smallest absolute Gasteiger partial charge is 0.318 e. The Kier molecular flexibility index (Phi) is 5.55. The van der Waals surface area contributed by atoms with Crippen molar-refractivity contribution in [2.24, 2.45) is 0 Å². The van der Waals surface area contributed by atoms with E-state index in [4.69, 9.17) is 0 Å². The molecule has 1 fully saturated rings. The predicted molar refractivity (Wildman–Crippen MR) is 99.7 cm³/mol. The number of hydrogen-bond acceptors (Lipinski definition) is 3. The molecule has 1 aromatic heterocycles. The van der Waals surface area contributed by atoms with E-state index in [-0.39, 0.29) is 11.9 Å². The van der Waals surface area contributed by atoms with Crippen LogP contribution in [0.2, 0.25) is 0 Å². The van der Waals surface area contributed by atoms with Crippen molar-refractivity contribution in [3.05, 3.63) is 48.3 Å². The van der Waals surface area contributed by atoms with Gasteiger partial charge in [0.25, 0.3) is 0 Å². The molecule has 0 saturated carbocycles. The van der Waals surface area contributed by atoms with Crippen LogP contribution in [0, 0.1) is 0 Å². The van der Waals surface area contributed by atoms with Crippen LogP contribution in [0.15, 0.2) is 42.7 Å². The maximum Gasteiger partial charge on any atom is 0.318 e. The topological polar surface area (TPSA) is 70.5 Å². The Bertz CT molecular complexity index is 758. The molecule has 26 heavy (non-hydrogen) atoms. The molecule has 1 saturated heterocycles. The van der Waals surface area contributed by atoms with Crippen molar-refractivity contribution in [1.29, 1.82) is 0 Å². The van der Waals surface area contributed by atoms with Gasteiger partial charge in [0.15, 0.2) is 0 Å². The first kappa shape index (κ1) is 18.0. The standard InChI is InChI=1S/C19H25N5O2/c1-3-9-22-14-16(13-21-22)12-20-19(26)23-10-11-24(18(25)15(23)2)17-7-5-4-6-8-17/h4-8,13-15H,3,9-12H2,1-2H3,(H,20,26)/t15-/m0/s1. The number of aryl methyl sites for hydroxylation is 1. The molecule has 7 nitrogen and oxygen atoms in total. The highest BCUT2D eigenvalue weighted by atomic mass is 16.2. The molecule has 138 valence electrons. The third-order valence-corrected chi connectivity index (χ3v) is 4.57. The van der Waals surface area contributed by atoms with Crippen LogP contribution in [0.5, 0.6) is 0 Å². The summed E-state index contributed by atoms with van der Waals surface area (Å²) in [5, 5.41) is 7.15. The first-order valence-corrected chi connectivity index (χ1v) is 9.02. The lowest BCUT2D eigenvalue weighted by Gasteiger charge is -2.39. The number of anilines is 1. The van der Waals surface area contributed by atoms with E-state index in [9.17, 15) is 9.59 Å². The van der Waals surface area contributed by atoms with E-state index >= 15 is 0 Å². The molecule has 3 rings (SSSR count). The Hall–Kier alpha value is -2.83. The molecule has 0 radical (unpaired) electrons. The summed E-state index contributed by atoms with van der Waals surface area (Å²) >= 11 is 0. The van der Waals surface area contributed by atoms with Crippen molar-refractivity contribution in [2.45, 2.75) is 39.4 Å². The second-order valence-electron chi connectivity index (χ2n) is 6.47. The summed E-state index contributed by atoms with van der Waals surface area (Å²) in [5.74, 6) is -0.0617. The van der Waals surface area contributed by atoms with Gasteiger partial charge in [-0.3, -0.25) is 9.48 Å². The van der Waals surface area contributed by atoms with Gasteiger partial charge in [0.2, 0.25) is 5.91 Å². The molecule has 3 amide bonds. The minimum Gasteiger partial charge on any atom is -0.334 e. The minimum absolute atomic E-state index is 0.0617. The molecule has 0 bridgehead atoms. The molecule has 0 spiro atoms. The SMILES string of the molecule is CCCn1cc(CNC(=O)N2CCN(c3ccccc3)C(=O)[C@@H]2C)cn1. The molecule has 1 aromatic carbocycles. The van der Waals surface area contributed by atoms with Crippen LogP contribution in [0.4, 0.5) is 10.5 Å². The molecule has 2 heterocycles. The Morgan fingerprint density at radius 2 is 2.04 bits per heavy atom. The molecule has 1 aliphatic rings. The van der Waals surface area contributed by atoms with Crippen LogP contribution in [0.25, 0.3) is 0 Å². The fourth-order valence-corrected chi connectivity index (χ4v) is 3.14. The number of amides is 3. The van der Waals surface area contributed by atoms with Gasteiger partial charge in [-0.1, -0.05) is 25.1 Å². The molecule has 7 heteroatoms. The van der Waals surface area contributed by atoms with Gasteiger partial charge in [-0.25, -0.2) is 4.79 Å². The lowest BCUT2D eigenvalue weighted by Crippen LogP contribution is -2.59. The monoisotopic (exact) mass is 355 g/mol. The molecule has 1 atom stereocenters. The second-order valence-corrected chi connectivity index (χ2v) is 6.47. The Labute approximate surface area is 153 Å². The van der Waals surface area contributed by atoms with Gasteiger partial charge in [0.1, 0.15) is 6.04 Å². The highest BCUT2D eigenvalue weighted by Crippen LogP contribution is 2.20. The average molecular weight is 355 g/mol. The van der Waals surface area contributed by atoms with E-state index in [1.807, 2.05) is 41.2 Å². The maximum atomic E-state index is 12.7. The Morgan fingerprint density at radius 3 is 2.77 bits per heavy atom. The summed E-state index contributed by atoms with van der Waals surface area (Å²) in [6, 6.07) is 8.84. The molecule has 0 unspecified atom stereocenters. The van der Waals surface area contributed by atoms with E-state index in [0.717, 1.165) is 24.2 Å². The summed E-state index contributed by atoms with van der Waals surface area (Å²) in [4.78, 5) is 28.5. The highest BCUT2D eigenvalue weighted by molar-refractivity contribution is 5.99. The van der Waals surface area contributed by atoms with Crippen molar-refractivity contribution < 1.29 is 9.59 Å². The van der Waals surface area contributed by atoms with E-state index in [1.54, 1.807) is 22.9 Å². The summed E-state index contributed by atoms with van der Waals surface area (Å²) < 4.78 is 1.87. The fraction of sp³-hybridized carbons (Fsp3) is 0.421. The number of para-hydroxylation sites is 1. The van der Waals surface area contributed by atoms with Crippen LogP contribution < -0.4 is 10.2 Å². The lowest BCUT2D eigenvalue weighted by molar-refractivity contribution is -0.124. The van der Waals surface area contributed by atoms with E-state index in [2.05, 4.69) is 17.3 Å². The van der Waals surface area contributed by atoms with Gasteiger partial charge in [-0.05, 0) is 25.5 Å². The predicted octanol–water partition coefficient (Wildman–Crippen LogP) is 2.24.